The normalized spacial score (nSPS) is 10.7. The molecule has 0 bridgehead atoms. The first kappa shape index (κ1) is 11.4. The lowest BCUT2D eigenvalue weighted by Gasteiger charge is -2.07. The predicted molar refractivity (Wildman–Crippen MR) is 60.9 cm³/mol. The van der Waals surface area contributed by atoms with Gasteiger partial charge >= 0.3 is 5.97 Å². The van der Waals surface area contributed by atoms with Crippen LogP contribution in [0.3, 0.4) is 0 Å². The van der Waals surface area contributed by atoms with Gasteiger partial charge in [0.05, 0.1) is 12.7 Å². The zero-order chi connectivity index (χ0) is 12.4. The maximum absolute atomic E-state index is 10.9. The van der Waals surface area contributed by atoms with E-state index in [0.717, 1.165) is 12.4 Å². The Hall–Kier alpha value is -2.11. The molecule has 2 rings (SSSR count). The van der Waals surface area contributed by atoms with E-state index in [1.165, 1.54) is 6.20 Å². The van der Waals surface area contributed by atoms with Gasteiger partial charge in [0, 0.05) is 24.6 Å². The molecule has 0 aromatic carbocycles. The Labute approximate surface area is 98.5 Å². The molecule has 2 aromatic heterocycles. The van der Waals surface area contributed by atoms with Gasteiger partial charge in [0.25, 0.3) is 0 Å². The van der Waals surface area contributed by atoms with Gasteiger partial charge < -0.3 is 9.67 Å². The van der Waals surface area contributed by atoms with Crippen LogP contribution < -0.4 is 0 Å². The highest BCUT2D eigenvalue weighted by molar-refractivity contribution is 5.88. The number of rotatable bonds is 4. The summed E-state index contributed by atoms with van der Waals surface area (Å²) in [6.45, 7) is 5.06. The molecule has 0 aliphatic heterocycles. The zero-order valence-corrected chi connectivity index (χ0v) is 9.79. The van der Waals surface area contributed by atoms with Crippen molar-refractivity contribution in [1.29, 1.82) is 0 Å². The van der Waals surface area contributed by atoms with E-state index in [9.17, 15) is 4.79 Å². The van der Waals surface area contributed by atoms with Crippen LogP contribution in [0.5, 0.6) is 0 Å². The highest BCUT2D eigenvalue weighted by atomic mass is 16.4. The molecule has 0 radical (unpaired) electrons. The number of nitrogens with zero attached hydrogens (tertiary/aromatic N) is 4. The third-order valence-electron chi connectivity index (χ3n) is 2.81. The van der Waals surface area contributed by atoms with E-state index < -0.39 is 5.97 Å². The molecule has 0 fully saturated rings. The largest absolute Gasteiger partial charge is 0.478 e. The zero-order valence-electron chi connectivity index (χ0n) is 9.79. The van der Waals surface area contributed by atoms with Crippen LogP contribution in [0.1, 0.15) is 21.9 Å². The number of carboxylic acid groups (broad SMARTS) is 1. The van der Waals surface area contributed by atoms with Crippen molar-refractivity contribution in [3.8, 4) is 0 Å². The van der Waals surface area contributed by atoms with Crippen molar-refractivity contribution in [1.82, 2.24) is 19.3 Å². The van der Waals surface area contributed by atoms with Crippen LogP contribution in [0.2, 0.25) is 0 Å². The number of imidazole rings is 1. The average molecular weight is 234 g/mol. The lowest BCUT2D eigenvalue weighted by atomic mass is 10.3. The van der Waals surface area contributed by atoms with Gasteiger partial charge in [-0.2, -0.15) is 5.10 Å². The van der Waals surface area contributed by atoms with Gasteiger partial charge in [-0.1, -0.05) is 0 Å². The summed E-state index contributed by atoms with van der Waals surface area (Å²) in [5.41, 5.74) is 0.933. The Bertz CT molecular complexity index is 541. The molecule has 0 unspecified atom stereocenters. The molecule has 6 nitrogen and oxygen atoms in total. The summed E-state index contributed by atoms with van der Waals surface area (Å²) >= 11 is 0. The summed E-state index contributed by atoms with van der Waals surface area (Å²) in [6, 6.07) is 0. The van der Waals surface area contributed by atoms with Gasteiger partial charge in [-0.15, -0.1) is 0 Å². The second-order valence-electron chi connectivity index (χ2n) is 3.84. The lowest BCUT2D eigenvalue weighted by Crippen LogP contribution is -2.11. The maximum atomic E-state index is 10.9. The van der Waals surface area contributed by atoms with E-state index in [1.807, 2.05) is 17.7 Å². The van der Waals surface area contributed by atoms with Crippen LogP contribution in [0.25, 0.3) is 0 Å². The van der Waals surface area contributed by atoms with Gasteiger partial charge in [-0.3, -0.25) is 4.68 Å². The summed E-state index contributed by atoms with van der Waals surface area (Å²) in [5.74, 6) is 0.000767. The van der Waals surface area contributed by atoms with Gasteiger partial charge in [-0.25, -0.2) is 9.78 Å². The molecule has 1 N–H and O–H groups in total. The SMILES string of the molecule is Cc1nccn1CCn1ncc(C(=O)O)c1C. The molecule has 0 atom stereocenters. The lowest BCUT2D eigenvalue weighted by molar-refractivity contribution is 0.0696. The molecule has 17 heavy (non-hydrogen) atoms. The Morgan fingerprint density at radius 3 is 2.71 bits per heavy atom. The van der Waals surface area contributed by atoms with E-state index >= 15 is 0 Å². The molecule has 2 aromatic rings. The standard InChI is InChI=1S/C11H14N4O2/c1-8-10(11(16)17)7-13-15(8)6-5-14-4-3-12-9(14)2/h3-4,7H,5-6H2,1-2H3,(H,16,17). The van der Waals surface area contributed by atoms with Crippen molar-refractivity contribution >= 4 is 5.97 Å². The number of hydrogen-bond acceptors (Lipinski definition) is 3. The molecule has 0 aliphatic carbocycles. The highest BCUT2D eigenvalue weighted by Gasteiger charge is 2.12. The van der Waals surface area contributed by atoms with Crippen molar-refractivity contribution in [3.05, 3.63) is 35.7 Å². The van der Waals surface area contributed by atoms with E-state index in [2.05, 4.69) is 10.1 Å². The fourth-order valence-electron chi connectivity index (χ4n) is 1.72. The fourth-order valence-corrected chi connectivity index (χ4v) is 1.72. The molecule has 2 heterocycles. The fraction of sp³-hybridized carbons (Fsp3) is 0.364. The van der Waals surface area contributed by atoms with Crippen molar-refractivity contribution in [2.75, 3.05) is 0 Å². The Balaban J connectivity index is 2.10. The maximum Gasteiger partial charge on any atom is 0.339 e. The third-order valence-corrected chi connectivity index (χ3v) is 2.81. The molecule has 0 amide bonds. The number of hydrogen-bond donors (Lipinski definition) is 1. The molecule has 6 heteroatoms. The Kier molecular flexibility index (Phi) is 2.95. The summed E-state index contributed by atoms with van der Waals surface area (Å²) in [6.07, 6.45) is 5.03. The van der Waals surface area contributed by atoms with Gasteiger partial charge in [0.2, 0.25) is 0 Å². The van der Waals surface area contributed by atoms with E-state index in [0.29, 0.717) is 12.2 Å². The van der Waals surface area contributed by atoms with E-state index in [-0.39, 0.29) is 5.56 Å². The summed E-state index contributed by atoms with van der Waals surface area (Å²) in [5, 5.41) is 13.0. The highest BCUT2D eigenvalue weighted by Crippen LogP contribution is 2.07. The number of carboxylic acids is 1. The average Bonchev–Trinajstić information content (AvgIpc) is 2.82. The summed E-state index contributed by atoms with van der Waals surface area (Å²) in [4.78, 5) is 15.0. The molecular weight excluding hydrogens is 220 g/mol. The first-order valence-electron chi connectivity index (χ1n) is 5.33. The van der Waals surface area contributed by atoms with Crippen LogP contribution in [0.15, 0.2) is 18.6 Å². The molecule has 0 saturated carbocycles. The number of aromatic carboxylic acids is 1. The van der Waals surface area contributed by atoms with E-state index in [1.54, 1.807) is 17.8 Å². The molecule has 0 aliphatic rings. The van der Waals surface area contributed by atoms with Gasteiger partial charge in [-0.05, 0) is 13.8 Å². The van der Waals surface area contributed by atoms with Crippen LogP contribution in [0.4, 0.5) is 0 Å². The smallest absolute Gasteiger partial charge is 0.339 e. The first-order valence-corrected chi connectivity index (χ1v) is 5.33. The van der Waals surface area contributed by atoms with Gasteiger partial charge in [0.15, 0.2) is 0 Å². The van der Waals surface area contributed by atoms with Crippen LogP contribution in [0, 0.1) is 13.8 Å². The minimum Gasteiger partial charge on any atom is -0.478 e. The van der Waals surface area contributed by atoms with Crippen molar-refractivity contribution < 1.29 is 9.90 Å². The summed E-state index contributed by atoms with van der Waals surface area (Å²) in [7, 11) is 0. The Morgan fingerprint density at radius 2 is 2.18 bits per heavy atom. The van der Waals surface area contributed by atoms with Crippen LogP contribution in [-0.4, -0.2) is 30.4 Å². The quantitative estimate of drug-likeness (QED) is 0.859. The summed E-state index contributed by atoms with van der Waals surface area (Å²) < 4.78 is 3.70. The third kappa shape index (κ3) is 2.20. The number of aryl methyl sites for hydroxylation is 3. The van der Waals surface area contributed by atoms with Crippen LogP contribution in [-0.2, 0) is 13.1 Å². The minimum atomic E-state index is -0.937. The Morgan fingerprint density at radius 1 is 1.41 bits per heavy atom. The number of aromatic nitrogens is 4. The molecule has 90 valence electrons. The van der Waals surface area contributed by atoms with Crippen LogP contribution >= 0.6 is 0 Å². The molecular formula is C11H14N4O2. The second kappa shape index (κ2) is 4.40. The first-order chi connectivity index (χ1) is 8.09. The van der Waals surface area contributed by atoms with E-state index in [4.69, 9.17) is 5.11 Å². The van der Waals surface area contributed by atoms with Crippen molar-refractivity contribution in [2.24, 2.45) is 0 Å². The monoisotopic (exact) mass is 234 g/mol. The topological polar surface area (TPSA) is 72.9 Å². The second-order valence-corrected chi connectivity index (χ2v) is 3.84. The predicted octanol–water partition coefficient (Wildman–Crippen LogP) is 1.09. The minimum absolute atomic E-state index is 0.257. The van der Waals surface area contributed by atoms with Crippen molar-refractivity contribution in [3.63, 3.8) is 0 Å². The van der Waals surface area contributed by atoms with Gasteiger partial charge in [0.1, 0.15) is 11.4 Å². The number of carbonyl (C=O) groups is 1. The molecule has 0 saturated heterocycles. The molecule has 0 spiro atoms. The van der Waals surface area contributed by atoms with Crippen molar-refractivity contribution in [2.45, 2.75) is 26.9 Å².